The van der Waals surface area contributed by atoms with Gasteiger partial charge in [0.2, 0.25) is 0 Å². The summed E-state index contributed by atoms with van der Waals surface area (Å²) in [5, 5.41) is 0. The predicted octanol–water partition coefficient (Wildman–Crippen LogP) is 1.65. The van der Waals surface area contributed by atoms with E-state index in [2.05, 4.69) is 13.8 Å². The van der Waals surface area contributed by atoms with E-state index < -0.39 is 29.7 Å². The molecule has 2 fully saturated rings. The number of fused-ring (bicyclic) bond motifs is 2. The van der Waals surface area contributed by atoms with Crippen LogP contribution in [0.5, 0.6) is 0 Å². The van der Waals surface area contributed by atoms with Crippen molar-refractivity contribution < 1.29 is 38.2 Å². The fraction of sp³-hybridized carbons (Fsp3) is 0.615. The maximum atomic E-state index is 12.3. The van der Waals surface area contributed by atoms with Gasteiger partial charge in [0.25, 0.3) is 11.8 Å². The lowest BCUT2D eigenvalue weighted by Crippen LogP contribution is -2.36. The largest absolute Gasteiger partial charge is 0.465 e. The van der Waals surface area contributed by atoms with Gasteiger partial charge in [-0.05, 0) is 60.5 Å². The minimum atomic E-state index is -0.935. The smallest absolute Gasteiger partial charge is 0.326 e. The highest BCUT2D eigenvalue weighted by Gasteiger charge is 2.56. The van der Waals surface area contributed by atoms with E-state index in [0.29, 0.717) is 36.0 Å². The Morgan fingerprint density at radius 2 is 1.60 bits per heavy atom. The highest BCUT2D eigenvalue weighted by Crippen LogP contribution is 2.60. The lowest BCUT2D eigenvalue weighted by Gasteiger charge is -2.35. The number of amides is 2. The van der Waals surface area contributed by atoms with Crippen LogP contribution in [0.4, 0.5) is 0 Å². The number of rotatable bonds is 10. The summed E-state index contributed by atoms with van der Waals surface area (Å²) >= 11 is 0. The molecule has 0 aromatic rings. The molecule has 3 aliphatic carbocycles. The summed E-state index contributed by atoms with van der Waals surface area (Å²) in [5.41, 5.74) is 0. The van der Waals surface area contributed by atoms with Gasteiger partial charge in [0.1, 0.15) is 6.54 Å². The summed E-state index contributed by atoms with van der Waals surface area (Å²) in [4.78, 5) is 71.8. The molecule has 2 amide bonds. The monoisotopic (exact) mass is 485 g/mol. The summed E-state index contributed by atoms with van der Waals surface area (Å²) in [6.45, 7) is 4.51. The van der Waals surface area contributed by atoms with Gasteiger partial charge in [-0.15, -0.1) is 0 Å². The molecule has 0 aromatic carbocycles. The highest BCUT2D eigenvalue weighted by molar-refractivity contribution is 6.19. The maximum Gasteiger partial charge on any atom is 0.326 e. The number of carbonyl (C=O) groups excluding carboxylic acids is 6. The Labute approximate surface area is 203 Å². The van der Waals surface area contributed by atoms with E-state index in [1.54, 1.807) is 0 Å². The standard InChI is InChI=1S/C26H31NO8/c1-3-16-17(8-9-34-25(33)12-27-22(30)6-7-23(27)31)18-10-15(26(16)14(18)2)13-35-24(32)11-19-20(28)4-5-21(19)29/h4-7,14-19,26H,3,8-13H2,1-2H3/t14-,15?,16?,17?,18?,26?/m1/s1. The van der Waals surface area contributed by atoms with Gasteiger partial charge in [0, 0.05) is 12.2 Å². The van der Waals surface area contributed by atoms with Crippen LogP contribution in [-0.4, -0.2) is 60.0 Å². The third-order valence-electron chi connectivity index (χ3n) is 8.30. The zero-order chi connectivity index (χ0) is 25.3. The van der Waals surface area contributed by atoms with Crippen molar-refractivity contribution in [1.29, 1.82) is 0 Å². The number of carbonyl (C=O) groups is 6. The molecule has 2 bridgehead atoms. The van der Waals surface area contributed by atoms with Crippen LogP contribution < -0.4 is 0 Å². The molecule has 1 aliphatic heterocycles. The molecule has 188 valence electrons. The van der Waals surface area contributed by atoms with Gasteiger partial charge in [-0.25, -0.2) is 0 Å². The first-order chi connectivity index (χ1) is 16.7. The van der Waals surface area contributed by atoms with Crippen molar-refractivity contribution in [3.63, 3.8) is 0 Å². The zero-order valence-electron chi connectivity index (χ0n) is 20.0. The second kappa shape index (κ2) is 10.3. The van der Waals surface area contributed by atoms with Crippen LogP contribution in [0.15, 0.2) is 24.3 Å². The Balaban J connectivity index is 1.23. The lowest BCUT2D eigenvalue weighted by molar-refractivity contribution is -0.152. The predicted molar refractivity (Wildman–Crippen MR) is 121 cm³/mol. The number of nitrogens with zero attached hydrogens (tertiary/aromatic N) is 1. The number of hydrogen-bond donors (Lipinski definition) is 0. The molecule has 0 radical (unpaired) electrons. The summed E-state index contributed by atoms with van der Waals surface area (Å²) < 4.78 is 10.8. The molecule has 35 heavy (non-hydrogen) atoms. The molecular weight excluding hydrogens is 454 g/mol. The van der Waals surface area contributed by atoms with E-state index >= 15 is 0 Å². The van der Waals surface area contributed by atoms with E-state index in [-0.39, 0.29) is 43.7 Å². The first kappa shape index (κ1) is 25.0. The van der Waals surface area contributed by atoms with Gasteiger partial charge < -0.3 is 9.47 Å². The maximum absolute atomic E-state index is 12.3. The Kier molecular flexibility index (Phi) is 7.33. The fourth-order valence-corrected chi connectivity index (χ4v) is 6.76. The molecule has 2 saturated carbocycles. The van der Waals surface area contributed by atoms with E-state index in [1.807, 2.05) is 0 Å². The minimum Gasteiger partial charge on any atom is -0.465 e. The normalized spacial score (nSPS) is 31.8. The molecule has 0 N–H and O–H groups in total. The number of ether oxygens (including phenoxy) is 2. The molecule has 0 spiro atoms. The second-order valence-corrected chi connectivity index (χ2v) is 10.0. The Morgan fingerprint density at radius 3 is 2.23 bits per heavy atom. The van der Waals surface area contributed by atoms with E-state index in [4.69, 9.17) is 9.47 Å². The molecule has 1 heterocycles. The number of hydrogen-bond acceptors (Lipinski definition) is 8. The molecule has 0 aromatic heterocycles. The molecule has 4 aliphatic rings. The van der Waals surface area contributed by atoms with Crippen LogP contribution in [0.2, 0.25) is 0 Å². The van der Waals surface area contributed by atoms with Gasteiger partial charge in [-0.1, -0.05) is 20.3 Å². The minimum absolute atomic E-state index is 0.211. The van der Waals surface area contributed by atoms with Crippen molar-refractivity contribution in [2.75, 3.05) is 19.8 Å². The van der Waals surface area contributed by atoms with Crippen LogP contribution in [-0.2, 0) is 38.2 Å². The van der Waals surface area contributed by atoms with Crippen LogP contribution in [0.25, 0.3) is 0 Å². The number of esters is 2. The van der Waals surface area contributed by atoms with Gasteiger partial charge in [0.05, 0.1) is 25.6 Å². The lowest BCUT2D eigenvalue weighted by atomic mass is 9.72. The third kappa shape index (κ3) is 4.99. The van der Waals surface area contributed by atoms with E-state index in [1.165, 1.54) is 12.2 Å². The van der Waals surface area contributed by atoms with E-state index in [9.17, 15) is 28.8 Å². The Morgan fingerprint density at radius 1 is 0.943 bits per heavy atom. The van der Waals surface area contributed by atoms with Crippen molar-refractivity contribution in [2.45, 2.75) is 39.5 Å². The van der Waals surface area contributed by atoms with Crippen molar-refractivity contribution in [3.8, 4) is 0 Å². The first-order valence-electron chi connectivity index (χ1n) is 12.3. The van der Waals surface area contributed by atoms with Crippen LogP contribution in [0.1, 0.15) is 39.5 Å². The topological polar surface area (TPSA) is 124 Å². The average Bonchev–Trinajstić information content (AvgIpc) is 3.50. The highest BCUT2D eigenvalue weighted by atomic mass is 16.5. The quantitative estimate of drug-likeness (QED) is 0.260. The van der Waals surface area contributed by atoms with Crippen molar-refractivity contribution in [1.82, 2.24) is 4.90 Å². The fourth-order valence-electron chi connectivity index (χ4n) is 6.76. The van der Waals surface area contributed by atoms with Crippen molar-refractivity contribution in [2.24, 2.45) is 41.4 Å². The molecule has 9 heteroatoms. The van der Waals surface area contributed by atoms with Crippen LogP contribution >= 0.6 is 0 Å². The second-order valence-electron chi connectivity index (χ2n) is 10.0. The van der Waals surface area contributed by atoms with Crippen LogP contribution in [0, 0.1) is 41.4 Å². The zero-order valence-corrected chi connectivity index (χ0v) is 20.0. The first-order valence-corrected chi connectivity index (χ1v) is 12.3. The third-order valence-corrected chi connectivity index (χ3v) is 8.30. The Hall–Kier alpha value is -3.10. The summed E-state index contributed by atoms with van der Waals surface area (Å²) in [6, 6.07) is 0. The number of allylic oxidation sites excluding steroid dienone is 2. The summed E-state index contributed by atoms with van der Waals surface area (Å²) in [7, 11) is 0. The van der Waals surface area contributed by atoms with Gasteiger partial charge in [0.15, 0.2) is 11.6 Å². The molecule has 5 unspecified atom stereocenters. The molecular formula is C26H31NO8. The number of imide groups is 1. The average molecular weight is 486 g/mol. The van der Waals surface area contributed by atoms with Crippen LogP contribution in [0.3, 0.4) is 0 Å². The molecule has 6 atom stereocenters. The van der Waals surface area contributed by atoms with Gasteiger partial charge in [-0.3, -0.25) is 33.7 Å². The number of ketones is 2. The van der Waals surface area contributed by atoms with Gasteiger partial charge in [-0.2, -0.15) is 0 Å². The summed E-state index contributed by atoms with van der Waals surface area (Å²) in [5.74, 6) is -1.44. The van der Waals surface area contributed by atoms with Crippen molar-refractivity contribution >= 4 is 35.3 Å². The van der Waals surface area contributed by atoms with Crippen molar-refractivity contribution in [3.05, 3.63) is 24.3 Å². The Bertz CT molecular complexity index is 961. The summed E-state index contributed by atoms with van der Waals surface area (Å²) in [6.07, 6.45) is 7.08. The van der Waals surface area contributed by atoms with Gasteiger partial charge >= 0.3 is 11.9 Å². The molecule has 0 saturated heterocycles. The SMILES string of the molecule is CCC1C(CCOC(=O)CN2C(=O)C=CC2=O)C2CC(COC(=O)CC3C(=O)C=CC3=O)C1[C@@H]2C. The van der Waals surface area contributed by atoms with E-state index in [0.717, 1.165) is 29.9 Å². The molecule has 9 nitrogen and oxygen atoms in total. The molecule has 4 rings (SSSR count).